The van der Waals surface area contributed by atoms with E-state index in [0.717, 1.165) is 31.1 Å². The molecule has 0 aromatic carbocycles. The van der Waals surface area contributed by atoms with Crippen LogP contribution in [0.2, 0.25) is 0 Å². The van der Waals surface area contributed by atoms with E-state index in [4.69, 9.17) is 18.7 Å². The lowest BCUT2D eigenvalue weighted by Crippen LogP contribution is -2.53. The topological polar surface area (TPSA) is 113 Å². The van der Waals surface area contributed by atoms with Crippen LogP contribution in [0.1, 0.15) is 18.4 Å². The molecule has 1 aliphatic rings. The molecule has 5 heterocycles. The maximum atomic E-state index is 5.92. The molecule has 0 atom stereocenters. The summed E-state index contributed by atoms with van der Waals surface area (Å²) in [5.41, 5.74) is 1.77. The Balaban J connectivity index is 1.30. The van der Waals surface area contributed by atoms with Crippen molar-refractivity contribution in [3.63, 3.8) is 0 Å². The standard InChI is InChI=1S/C21H23N7O4/c1-4-27-10-16(11-27)31-15-6-5-14(22-9-15)12-30-21-18(29-3)8-19-23-24-20(28(19)25-21)17-7-13(2)32-26-17/h5-9,16H,4,10-12H2,1-3H3. The van der Waals surface area contributed by atoms with Crippen LogP contribution in [-0.4, -0.2) is 67.7 Å². The largest absolute Gasteiger partial charge is 0.491 e. The summed E-state index contributed by atoms with van der Waals surface area (Å²) in [6.45, 7) is 7.12. The van der Waals surface area contributed by atoms with Gasteiger partial charge in [0, 0.05) is 25.2 Å². The number of pyridine rings is 1. The lowest BCUT2D eigenvalue weighted by molar-refractivity contribution is 0.0236. The van der Waals surface area contributed by atoms with Crippen LogP contribution in [-0.2, 0) is 6.61 Å². The van der Waals surface area contributed by atoms with E-state index in [1.165, 1.54) is 4.52 Å². The zero-order valence-corrected chi connectivity index (χ0v) is 18.1. The molecule has 0 spiro atoms. The van der Waals surface area contributed by atoms with Crippen LogP contribution in [0.15, 0.2) is 35.0 Å². The first-order chi connectivity index (χ1) is 15.6. The SMILES string of the molecule is CCN1CC(Oc2ccc(COc3nn4c(-c5cc(C)on5)nnc4cc3OC)nc2)C1. The Labute approximate surface area is 183 Å². The number of rotatable bonds is 8. The first kappa shape index (κ1) is 20.2. The highest BCUT2D eigenvalue weighted by Crippen LogP contribution is 2.28. The van der Waals surface area contributed by atoms with Gasteiger partial charge in [-0.3, -0.25) is 9.88 Å². The van der Waals surface area contributed by atoms with Crippen LogP contribution in [0.5, 0.6) is 17.4 Å². The maximum absolute atomic E-state index is 5.92. The third-order valence-corrected chi connectivity index (χ3v) is 5.23. The second kappa shape index (κ2) is 8.42. The van der Waals surface area contributed by atoms with Gasteiger partial charge in [-0.15, -0.1) is 15.3 Å². The van der Waals surface area contributed by atoms with E-state index in [0.29, 0.717) is 28.7 Å². The summed E-state index contributed by atoms with van der Waals surface area (Å²) in [6, 6.07) is 7.24. The molecule has 0 saturated carbocycles. The number of likely N-dealkylation sites (tertiary alicyclic amines) is 1. The van der Waals surface area contributed by atoms with Crippen molar-refractivity contribution in [3.05, 3.63) is 41.9 Å². The molecule has 4 aromatic rings. The summed E-state index contributed by atoms with van der Waals surface area (Å²) in [7, 11) is 1.54. The van der Waals surface area contributed by atoms with Gasteiger partial charge in [0.15, 0.2) is 17.1 Å². The minimum Gasteiger partial charge on any atom is -0.491 e. The molecule has 11 heteroatoms. The number of ether oxygens (including phenoxy) is 3. The molecule has 166 valence electrons. The summed E-state index contributed by atoms with van der Waals surface area (Å²) in [4.78, 5) is 6.76. The summed E-state index contributed by atoms with van der Waals surface area (Å²) >= 11 is 0. The highest BCUT2D eigenvalue weighted by Gasteiger charge is 2.26. The van der Waals surface area contributed by atoms with E-state index in [9.17, 15) is 0 Å². The number of aromatic nitrogens is 6. The average molecular weight is 437 g/mol. The molecular weight excluding hydrogens is 414 g/mol. The monoisotopic (exact) mass is 437 g/mol. The van der Waals surface area contributed by atoms with Gasteiger partial charge >= 0.3 is 0 Å². The Bertz CT molecular complexity index is 1210. The molecule has 4 aromatic heterocycles. The predicted molar refractivity (Wildman–Crippen MR) is 113 cm³/mol. The summed E-state index contributed by atoms with van der Waals surface area (Å²) in [5, 5.41) is 16.8. The third kappa shape index (κ3) is 3.94. The smallest absolute Gasteiger partial charge is 0.275 e. The van der Waals surface area contributed by atoms with Crippen LogP contribution >= 0.6 is 0 Å². The lowest BCUT2D eigenvalue weighted by atomic mass is 10.2. The van der Waals surface area contributed by atoms with Crippen molar-refractivity contribution in [2.45, 2.75) is 26.6 Å². The van der Waals surface area contributed by atoms with E-state index in [2.05, 4.69) is 37.3 Å². The van der Waals surface area contributed by atoms with Gasteiger partial charge in [0.2, 0.25) is 5.82 Å². The zero-order chi connectivity index (χ0) is 22.1. The number of aryl methyl sites for hydroxylation is 1. The molecule has 0 unspecified atom stereocenters. The van der Waals surface area contributed by atoms with Crippen LogP contribution < -0.4 is 14.2 Å². The number of likely N-dealkylation sites (N-methyl/N-ethyl adjacent to an activating group) is 1. The Kier molecular flexibility index (Phi) is 5.31. The molecule has 1 fully saturated rings. The molecule has 11 nitrogen and oxygen atoms in total. The van der Waals surface area contributed by atoms with E-state index >= 15 is 0 Å². The normalized spacial score (nSPS) is 14.5. The quantitative estimate of drug-likeness (QED) is 0.406. The zero-order valence-electron chi connectivity index (χ0n) is 18.1. The van der Waals surface area contributed by atoms with Crippen molar-refractivity contribution in [2.75, 3.05) is 26.7 Å². The Morgan fingerprint density at radius 2 is 2.06 bits per heavy atom. The van der Waals surface area contributed by atoms with Crippen LogP contribution in [0, 0.1) is 6.92 Å². The average Bonchev–Trinajstić information content (AvgIpc) is 3.39. The summed E-state index contributed by atoms with van der Waals surface area (Å²) in [5.74, 6) is 2.60. The van der Waals surface area contributed by atoms with Crippen molar-refractivity contribution in [1.82, 2.24) is 34.9 Å². The first-order valence-corrected chi connectivity index (χ1v) is 10.3. The minimum absolute atomic E-state index is 0.211. The Morgan fingerprint density at radius 1 is 1.19 bits per heavy atom. The molecule has 0 bridgehead atoms. The molecule has 0 amide bonds. The van der Waals surface area contributed by atoms with Gasteiger partial charge in [0.1, 0.15) is 24.2 Å². The van der Waals surface area contributed by atoms with Crippen molar-refractivity contribution in [2.24, 2.45) is 0 Å². The van der Waals surface area contributed by atoms with Gasteiger partial charge in [0.05, 0.1) is 19.0 Å². The predicted octanol–water partition coefficient (Wildman–Crippen LogP) is 2.15. The number of nitrogens with zero attached hydrogens (tertiary/aromatic N) is 7. The van der Waals surface area contributed by atoms with Crippen LogP contribution in [0.4, 0.5) is 0 Å². The first-order valence-electron chi connectivity index (χ1n) is 10.3. The van der Waals surface area contributed by atoms with Crippen molar-refractivity contribution in [3.8, 4) is 28.9 Å². The molecule has 0 N–H and O–H groups in total. The number of fused-ring (bicyclic) bond motifs is 1. The molecule has 1 aliphatic heterocycles. The lowest BCUT2D eigenvalue weighted by Gasteiger charge is -2.38. The number of methoxy groups -OCH3 is 1. The Hall–Kier alpha value is -3.73. The maximum Gasteiger partial charge on any atom is 0.275 e. The molecule has 32 heavy (non-hydrogen) atoms. The highest BCUT2D eigenvalue weighted by molar-refractivity contribution is 5.56. The minimum atomic E-state index is 0.211. The van der Waals surface area contributed by atoms with Gasteiger partial charge in [-0.1, -0.05) is 12.1 Å². The molecule has 1 saturated heterocycles. The van der Waals surface area contributed by atoms with Gasteiger partial charge in [0.25, 0.3) is 5.88 Å². The third-order valence-electron chi connectivity index (χ3n) is 5.23. The Morgan fingerprint density at radius 3 is 2.75 bits per heavy atom. The number of hydrogen-bond donors (Lipinski definition) is 0. The number of hydrogen-bond acceptors (Lipinski definition) is 10. The second-order valence-corrected chi connectivity index (χ2v) is 7.50. The second-order valence-electron chi connectivity index (χ2n) is 7.50. The van der Waals surface area contributed by atoms with E-state index < -0.39 is 0 Å². The van der Waals surface area contributed by atoms with Gasteiger partial charge in [-0.2, -0.15) is 4.52 Å². The molecule has 5 rings (SSSR count). The van der Waals surface area contributed by atoms with Crippen LogP contribution in [0.25, 0.3) is 17.2 Å². The van der Waals surface area contributed by atoms with E-state index in [1.54, 1.807) is 32.4 Å². The van der Waals surface area contributed by atoms with E-state index in [1.807, 2.05) is 12.1 Å². The van der Waals surface area contributed by atoms with Crippen molar-refractivity contribution in [1.29, 1.82) is 0 Å². The fraction of sp³-hybridized carbons (Fsp3) is 0.381. The van der Waals surface area contributed by atoms with Gasteiger partial charge in [-0.25, -0.2) is 0 Å². The molecular formula is C21H23N7O4. The fourth-order valence-corrected chi connectivity index (χ4v) is 3.43. The fourth-order valence-electron chi connectivity index (χ4n) is 3.43. The molecule has 0 aliphatic carbocycles. The van der Waals surface area contributed by atoms with Gasteiger partial charge < -0.3 is 18.7 Å². The molecule has 0 radical (unpaired) electrons. The van der Waals surface area contributed by atoms with Crippen molar-refractivity contribution >= 4 is 5.65 Å². The highest BCUT2D eigenvalue weighted by atomic mass is 16.5. The van der Waals surface area contributed by atoms with Gasteiger partial charge in [-0.05, 0) is 25.6 Å². The van der Waals surface area contributed by atoms with Crippen LogP contribution in [0.3, 0.4) is 0 Å². The van der Waals surface area contributed by atoms with E-state index in [-0.39, 0.29) is 18.6 Å². The summed E-state index contributed by atoms with van der Waals surface area (Å²) < 4.78 is 23.9. The van der Waals surface area contributed by atoms with Crippen molar-refractivity contribution < 1.29 is 18.7 Å². The summed E-state index contributed by atoms with van der Waals surface area (Å²) in [6.07, 6.45) is 1.94.